The van der Waals surface area contributed by atoms with Crippen molar-refractivity contribution < 1.29 is 13.2 Å². The minimum absolute atomic E-state index is 0. The molecule has 0 aliphatic carbocycles. The second-order valence-corrected chi connectivity index (χ2v) is 8.50. The van der Waals surface area contributed by atoms with E-state index in [2.05, 4.69) is 0 Å². The Bertz CT molecular complexity index is 826. The number of hydrogen-bond donors (Lipinski definition) is 1. The average Bonchev–Trinajstić information content (AvgIpc) is 2.59. The van der Waals surface area contributed by atoms with Gasteiger partial charge in [-0.1, -0.05) is 54.6 Å². The van der Waals surface area contributed by atoms with Gasteiger partial charge in [-0.25, -0.2) is 8.42 Å². The zero-order valence-corrected chi connectivity index (χ0v) is 16.6. The third-order valence-corrected chi connectivity index (χ3v) is 4.98. The van der Waals surface area contributed by atoms with Crippen molar-refractivity contribution >= 4 is 28.2 Å². The molecule has 5 nitrogen and oxygen atoms in total. The van der Waals surface area contributed by atoms with Crippen LogP contribution in [0.4, 0.5) is 0 Å². The summed E-state index contributed by atoms with van der Waals surface area (Å²) in [5.41, 5.74) is 9.03. The first-order chi connectivity index (χ1) is 11.8. The third kappa shape index (κ3) is 6.44. The summed E-state index contributed by atoms with van der Waals surface area (Å²) < 4.78 is 22.5. The number of nitrogens with two attached hydrogens (primary N) is 1. The number of likely N-dealkylation sites (N-methyl/N-ethyl adjacent to an activating group) is 1. The van der Waals surface area contributed by atoms with Gasteiger partial charge in [-0.3, -0.25) is 4.79 Å². The lowest BCUT2D eigenvalue weighted by Crippen LogP contribution is -2.42. The molecular formula is C19H25ClN2O3S. The summed E-state index contributed by atoms with van der Waals surface area (Å²) in [5, 5.41) is 0. The van der Waals surface area contributed by atoms with E-state index in [1.165, 1.54) is 0 Å². The van der Waals surface area contributed by atoms with Gasteiger partial charge in [-0.15, -0.1) is 12.4 Å². The second-order valence-electron chi connectivity index (χ2n) is 6.24. The van der Waals surface area contributed by atoms with Crippen molar-refractivity contribution in [1.82, 2.24) is 4.90 Å². The molecule has 0 bridgehead atoms. The molecule has 0 aliphatic rings. The van der Waals surface area contributed by atoms with E-state index in [9.17, 15) is 13.2 Å². The van der Waals surface area contributed by atoms with Crippen LogP contribution in [0.2, 0.25) is 0 Å². The minimum Gasteiger partial charge on any atom is -0.340 e. The van der Waals surface area contributed by atoms with Crippen LogP contribution in [0.3, 0.4) is 0 Å². The van der Waals surface area contributed by atoms with Gasteiger partial charge < -0.3 is 10.6 Å². The van der Waals surface area contributed by atoms with Gasteiger partial charge in [-0.2, -0.15) is 0 Å². The van der Waals surface area contributed by atoms with Crippen LogP contribution in [-0.4, -0.2) is 44.3 Å². The smallest absolute Gasteiger partial charge is 0.239 e. The molecule has 0 heterocycles. The van der Waals surface area contributed by atoms with Crippen LogP contribution < -0.4 is 5.73 Å². The lowest BCUT2D eigenvalue weighted by Gasteiger charge is -2.22. The number of benzene rings is 2. The molecule has 0 spiro atoms. The highest BCUT2D eigenvalue weighted by atomic mass is 35.5. The Balaban J connectivity index is 0.00000338. The molecule has 2 rings (SSSR count). The molecule has 1 unspecified atom stereocenters. The zero-order chi connectivity index (χ0) is 18.4. The summed E-state index contributed by atoms with van der Waals surface area (Å²) in [6.45, 7) is 0.413. The van der Waals surface area contributed by atoms with Gasteiger partial charge in [0.2, 0.25) is 5.91 Å². The molecule has 0 radical (unpaired) electrons. The molecule has 0 aliphatic heterocycles. The van der Waals surface area contributed by atoms with Crippen LogP contribution in [-0.2, 0) is 21.2 Å². The van der Waals surface area contributed by atoms with E-state index in [1.807, 2.05) is 54.6 Å². The van der Waals surface area contributed by atoms with Gasteiger partial charge in [0.25, 0.3) is 0 Å². The molecular weight excluding hydrogens is 372 g/mol. The molecule has 0 fully saturated rings. The average molecular weight is 397 g/mol. The highest BCUT2D eigenvalue weighted by Gasteiger charge is 2.20. The van der Waals surface area contributed by atoms with Crippen molar-refractivity contribution in [2.24, 2.45) is 5.73 Å². The molecule has 2 N–H and O–H groups in total. The van der Waals surface area contributed by atoms with Crippen LogP contribution in [0.1, 0.15) is 12.0 Å². The molecule has 142 valence electrons. The summed E-state index contributed by atoms with van der Waals surface area (Å²) >= 11 is 0. The fourth-order valence-electron chi connectivity index (χ4n) is 2.64. The third-order valence-electron chi connectivity index (χ3n) is 4.00. The van der Waals surface area contributed by atoms with Crippen molar-refractivity contribution in [1.29, 1.82) is 0 Å². The van der Waals surface area contributed by atoms with E-state index in [4.69, 9.17) is 5.73 Å². The first-order valence-electron chi connectivity index (χ1n) is 8.09. The maximum absolute atomic E-state index is 12.4. The fraction of sp³-hybridized carbons (Fsp3) is 0.316. The summed E-state index contributed by atoms with van der Waals surface area (Å²) in [7, 11) is -1.45. The molecule has 26 heavy (non-hydrogen) atoms. The number of carbonyl (C=O) groups is 1. The first kappa shape index (κ1) is 22.2. The van der Waals surface area contributed by atoms with E-state index in [-0.39, 0.29) is 30.5 Å². The Morgan fingerprint density at radius 3 is 2.27 bits per heavy atom. The Kier molecular flexibility index (Phi) is 8.27. The molecule has 0 aromatic heterocycles. The second kappa shape index (κ2) is 9.71. The van der Waals surface area contributed by atoms with Gasteiger partial charge >= 0.3 is 0 Å². The lowest BCUT2D eigenvalue weighted by molar-refractivity contribution is -0.131. The number of amides is 1. The van der Waals surface area contributed by atoms with Crippen LogP contribution in [0, 0.1) is 0 Å². The SMILES string of the molecule is CN(Cc1ccccc1-c1ccccc1)C(=O)C(N)CCS(C)(=O)=O.Cl. The summed E-state index contributed by atoms with van der Waals surface area (Å²) in [5.74, 6) is -0.347. The Hall–Kier alpha value is -1.89. The van der Waals surface area contributed by atoms with Gasteiger partial charge in [0.15, 0.2) is 0 Å². The van der Waals surface area contributed by atoms with Crippen molar-refractivity contribution in [3.63, 3.8) is 0 Å². The topological polar surface area (TPSA) is 80.5 Å². The van der Waals surface area contributed by atoms with Gasteiger partial charge in [0, 0.05) is 19.8 Å². The predicted molar refractivity (Wildman–Crippen MR) is 108 cm³/mol. The number of carbonyl (C=O) groups excluding carboxylic acids is 1. The van der Waals surface area contributed by atoms with Gasteiger partial charge in [0.1, 0.15) is 9.84 Å². The molecule has 2 aromatic carbocycles. The Morgan fingerprint density at radius 2 is 1.65 bits per heavy atom. The number of halogens is 1. The Labute approximate surface area is 161 Å². The van der Waals surface area contributed by atoms with E-state index in [1.54, 1.807) is 11.9 Å². The zero-order valence-electron chi connectivity index (χ0n) is 15.0. The number of rotatable bonds is 7. The molecule has 0 saturated heterocycles. The summed E-state index contributed by atoms with van der Waals surface area (Å²) in [6, 6.07) is 17.0. The summed E-state index contributed by atoms with van der Waals surface area (Å²) in [4.78, 5) is 14.0. The van der Waals surface area contributed by atoms with E-state index < -0.39 is 15.9 Å². The van der Waals surface area contributed by atoms with E-state index >= 15 is 0 Å². The molecule has 0 saturated carbocycles. The molecule has 1 amide bonds. The quantitative estimate of drug-likeness (QED) is 0.779. The van der Waals surface area contributed by atoms with Crippen LogP contribution in [0.5, 0.6) is 0 Å². The summed E-state index contributed by atoms with van der Waals surface area (Å²) in [6.07, 6.45) is 1.27. The molecule has 1 atom stereocenters. The van der Waals surface area contributed by atoms with Crippen LogP contribution >= 0.6 is 12.4 Å². The van der Waals surface area contributed by atoms with Gasteiger partial charge in [0.05, 0.1) is 11.8 Å². The molecule has 2 aromatic rings. The van der Waals surface area contributed by atoms with E-state index in [0.29, 0.717) is 6.54 Å². The fourth-order valence-corrected chi connectivity index (χ4v) is 3.32. The maximum atomic E-state index is 12.4. The lowest BCUT2D eigenvalue weighted by atomic mass is 9.99. The highest BCUT2D eigenvalue weighted by molar-refractivity contribution is 7.90. The van der Waals surface area contributed by atoms with Crippen molar-refractivity contribution in [3.05, 3.63) is 60.2 Å². The van der Waals surface area contributed by atoms with Crippen molar-refractivity contribution in [2.75, 3.05) is 19.1 Å². The highest BCUT2D eigenvalue weighted by Crippen LogP contribution is 2.24. The van der Waals surface area contributed by atoms with Gasteiger partial charge in [-0.05, 0) is 23.1 Å². The normalized spacial score (nSPS) is 12.1. The van der Waals surface area contributed by atoms with Crippen molar-refractivity contribution in [2.45, 2.75) is 19.0 Å². The molecule has 7 heteroatoms. The minimum atomic E-state index is -3.13. The van der Waals surface area contributed by atoms with Crippen molar-refractivity contribution in [3.8, 4) is 11.1 Å². The Morgan fingerprint density at radius 1 is 1.08 bits per heavy atom. The van der Waals surface area contributed by atoms with Crippen LogP contribution in [0.15, 0.2) is 54.6 Å². The number of sulfone groups is 1. The predicted octanol–water partition coefficient (Wildman–Crippen LogP) is 2.50. The van der Waals surface area contributed by atoms with Crippen LogP contribution in [0.25, 0.3) is 11.1 Å². The number of nitrogens with zero attached hydrogens (tertiary/aromatic N) is 1. The largest absolute Gasteiger partial charge is 0.340 e. The van der Waals surface area contributed by atoms with E-state index in [0.717, 1.165) is 22.9 Å². The number of hydrogen-bond acceptors (Lipinski definition) is 4. The standard InChI is InChI=1S/C19H24N2O3S.ClH/c1-21(19(22)18(20)12-13-25(2,23)24)14-16-10-6-7-11-17(16)15-8-4-3-5-9-15;/h3-11,18H,12-14,20H2,1-2H3;1H. The monoisotopic (exact) mass is 396 g/mol. The first-order valence-corrected chi connectivity index (χ1v) is 10.2. The maximum Gasteiger partial charge on any atom is 0.239 e.